The third kappa shape index (κ3) is 1.78. The first-order valence-electron chi connectivity index (χ1n) is 2.58. The highest BCUT2D eigenvalue weighted by molar-refractivity contribution is 4.72. The van der Waals surface area contributed by atoms with Crippen LogP contribution in [0.3, 0.4) is 0 Å². The molecule has 0 amide bonds. The summed E-state index contributed by atoms with van der Waals surface area (Å²) in [5.74, 6) is 0. The highest BCUT2D eigenvalue weighted by atomic mass is 16.3. The lowest BCUT2D eigenvalue weighted by Gasteiger charge is -2.29. The van der Waals surface area contributed by atoms with Crippen LogP contribution in [0.4, 0.5) is 0 Å². The predicted octanol–water partition coefficient (Wildman–Crippen LogP) is -0.785. The smallest absolute Gasteiger partial charge is 0.0890 e. The summed E-state index contributed by atoms with van der Waals surface area (Å²) < 4.78 is 0. The maximum absolute atomic E-state index is 8.60. The first-order chi connectivity index (χ1) is 3.50. The van der Waals surface area contributed by atoms with Crippen LogP contribution in [-0.2, 0) is 0 Å². The van der Waals surface area contributed by atoms with Gasteiger partial charge in [-0.3, -0.25) is 4.90 Å². The Morgan fingerprint density at radius 3 is 2.00 bits per heavy atom. The van der Waals surface area contributed by atoms with E-state index in [0.717, 1.165) is 0 Å². The standard InChI is InChI=1S/C5H14N2O/c1-5(6,4-8)7(2)3/h8H,4,6H2,1-3H3. The lowest BCUT2D eigenvalue weighted by atomic mass is 10.2. The van der Waals surface area contributed by atoms with E-state index in [2.05, 4.69) is 0 Å². The fraction of sp³-hybridized carbons (Fsp3) is 1.00. The predicted molar refractivity (Wildman–Crippen MR) is 33.4 cm³/mol. The number of hydrogen-bond acceptors (Lipinski definition) is 3. The SMILES string of the molecule is CN(C)C(C)(N)CO. The van der Waals surface area contributed by atoms with Crippen molar-refractivity contribution >= 4 is 0 Å². The van der Waals surface area contributed by atoms with Crippen molar-refractivity contribution in [2.75, 3.05) is 20.7 Å². The Balaban J connectivity index is 3.71. The fourth-order valence-electron chi connectivity index (χ4n) is 0.141. The van der Waals surface area contributed by atoms with E-state index < -0.39 is 5.66 Å². The number of nitrogens with zero attached hydrogens (tertiary/aromatic N) is 1. The lowest BCUT2D eigenvalue weighted by Crippen LogP contribution is -2.52. The second-order valence-electron chi connectivity index (χ2n) is 2.41. The molecule has 50 valence electrons. The van der Waals surface area contributed by atoms with Crippen molar-refractivity contribution in [2.45, 2.75) is 12.6 Å². The molecule has 0 aromatic rings. The largest absolute Gasteiger partial charge is 0.393 e. The lowest BCUT2D eigenvalue weighted by molar-refractivity contribution is 0.0898. The van der Waals surface area contributed by atoms with Gasteiger partial charge in [0.05, 0.1) is 12.3 Å². The van der Waals surface area contributed by atoms with Gasteiger partial charge in [0.25, 0.3) is 0 Å². The summed E-state index contributed by atoms with van der Waals surface area (Å²) in [6.07, 6.45) is 0. The highest BCUT2D eigenvalue weighted by Gasteiger charge is 2.18. The zero-order valence-electron chi connectivity index (χ0n) is 5.68. The summed E-state index contributed by atoms with van der Waals surface area (Å²) in [5, 5.41) is 8.60. The van der Waals surface area contributed by atoms with Crippen LogP contribution >= 0.6 is 0 Å². The van der Waals surface area contributed by atoms with Gasteiger partial charge in [-0.15, -0.1) is 0 Å². The molecule has 3 nitrogen and oxygen atoms in total. The van der Waals surface area contributed by atoms with Crippen molar-refractivity contribution in [3.63, 3.8) is 0 Å². The molecule has 0 radical (unpaired) electrons. The molecule has 0 aliphatic rings. The molecule has 1 unspecified atom stereocenters. The molecule has 0 aliphatic carbocycles. The average Bonchev–Trinajstić information content (AvgIpc) is 1.67. The zero-order valence-corrected chi connectivity index (χ0v) is 5.68. The van der Waals surface area contributed by atoms with E-state index in [0.29, 0.717) is 0 Å². The van der Waals surface area contributed by atoms with Gasteiger partial charge in [-0.1, -0.05) is 0 Å². The molecule has 3 N–H and O–H groups in total. The van der Waals surface area contributed by atoms with Crippen LogP contribution in [0.5, 0.6) is 0 Å². The molecule has 0 spiro atoms. The molecule has 0 heterocycles. The summed E-state index contributed by atoms with van der Waals surface area (Å²) in [5.41, 5.74) is 4.97. The van der Waals surface area contributed by atoms with E-state index in [1.807, 2.05) is 14.1 Å². The van der Waals surface area contributed by atoms with Crippen molar-refractivity contribution in [3.05, 3.63) is 0 Å². The third-order valence-electron chi connectivity index (χ3n) is 1.34. The Bertz CT molecular complexity index is 70.8. The monoisotopic (exact) mass is 118 g/mol. The van der Waals surface area contributed by atoms with E-state index in [9.17, 15) is 0 Å². The van der Waals surface area contributed by atoms with Crippen molar-refractivity contribution in [3.8, 4) is 0 Å². The molecule has 0 saturated carbocycles. The molecular formula is C5H14N2O. The van der Waals surface area contributed by atoms with E-state index in [1.165, 1.54) is 0 Å². The first kappa shape index (κ1) is 7.88. The molecule has 3 heteroatoms. The Morgan fingerprint density at radius 1 is 1.62 bits per heavy atom. The second-order valence-corrected chi connectivity index (χ2v) is 2.41. The van der Waals surface area contributed by atoms with Gasteiger partial charge in [0, 0.05) is 0 Å². The summed E-state index contributed by atoms with van der Waals surface area (Å²) >= 11 is 0. The van der Waals surface area contributed by atoms with Crippen molar-refractivity contribution in [1.29, 1.82) is 0 Å². The minimum Gasteiger partial charge on any atom is -0.393 e. The third-order valence-corrected chi connectivity index (χ3v) is 1.34. The molecule has 0 fully saturated rings. The van der Waals surface area contributed by atoms with Gasteiger partial charge in [-0.05, 0) is 21.0 Å². The minimum absolute atomic E-state index is 0.0139. The van der Waals surface area contributed by atoms with Gasteiger partial charge in [-0.2, -0.15) is 0 Å². The molecule has 0 aliphatic heterocycles. The average molecular weight is 118 g/mol. The number of aliphatic hydroxyl groups is 1. The van der Waals surface area contributed by atoms with Crippen molar-refractivity contribution < 1.29 is 5.11 Å². The van der Waals surface area contributed by atoms with Gasteiger partial charge in [-0.25, -0.2) is 0 Å². The second kappa shape index (κ2) is 2.44. The van der Waals surface area contributed by atoms with Crippen molar-refractivity contribution in [2.24, 2.45) is 5.73 Å². The molecule has 0 saturated heterocycles. The topological polar surface area (TPSA) is 49.5 Å². The number of hydrogen-bond donors (Lipinski definition) is 2. The maximum Gasteiger partial charge on any atom is 0.0890 e. The van der Waals surface area contributed by atoms with Crippen LogP contribution < -0.4 is 5.73 Å². The quantitative estimate of drug-likeness (QED) is 0.467. The van der Waals surface area contributed by atoms with Crippen LogP contribution in [0.25, 0.3) is 0 Å². The molecular weight excluding hydrogens is 104 g/mol. The number of aliphatic hydroxyl groups excluding tert-OH is 1. The van der Waals surface area contributed by atoms with Crippen LogP contribution in [0.2, 0.25) is 0 Å². The Morgan fingerprint density at radius 2 is 2.00 bits per heavy atom. The Labute approximate surface area is 50.1 Å². The molecule has 0 bridgehead atoms. The van der Waals surface area contributed by atoms with Crippen LogP contribution in [0, 0.1) is 0 Å². The molecule has 0 rings (SSSR count). The molecule has 1 atom stereocenters. The maximum atomic E-state index is 8.60. The van der Waals surface area contributed by atoms with Gasteiger partial charge in [0.1, 0.15) is 0 Å². The van der Waals surface area contributed by atoms with Crippen LogP contribution in [0.15, 0.2) is 0 Å². The fourth-order valence-corrected chi connectivity index (χ4v) is 0.141. The van der Waals surface area contributed by atoms with Gasteiger partial charge >= 0.3 is 0 Å². The normalized spacial score (nSPS) is 18.8. The number of rotatable bonds is 2. The van der Waals surface area contributed by atoms with E-state index in [1.54, 1.807) is 11.8 Å². The van der Waals surface area contributed by atoms with Gasteiger partial charge in [0.15, 0.2) is 0 Å². The van der Waals surface area contributed by atoms with Gasteiger partial charge in [0.2, 0.25) is 0 Å². The van der Waals surface area contributed by atoms with Crippen LogP contribution in [-0.4, -0.2) is 36.4 Å². The highest BCUT2D eigenvalue weighted by Crippen LogP contribution is 1.98. The van der Waals surface area contributed by atoms with E-state index >= 15 is 0 Å². The van der Waals surface area contributed by atoms with E-state index in [-0.39, 0.29) is 6.61 Å². The zero-order chi connectivity index (χ0) is 6.78. The summed E-state index contributed by atoms with van der Waals surface area (Å²) in [6, 6.07) is 0. The summed E-state index contributed by atoms with van der Waals surface area (Å²) in [4.78, 5) is 1.77. The summed E-state index contributed by atoms with van der Waals surface area (Å²) in [7, 11) is 3.66. The molecule has 8 heavy (non-hydrogen) atoms. The van der Waals surface area contributed by atoms with Gasteiger partial charge < -0.3 is 10.8 Å². The molecule has 0 aromatic heterocycles. The Kier molecular flexibility index (Phi) is 2.40. The number of nitrogens with two attached hydrogens (primary N) is 1. The Hall–Kier alpha value is -0.120. The first-order valence-corrected chi connectivity index (χ1v) is 2.58. The van der Waals surface area contributed by atoms with Crippen LogP contribution in [0.1, 0.15) is 6.92 Å². The molecule has 0 aromatic carbocycles. The summed E-state index contributed by atoms with van der Waals surface area (Å²) in [6.45, 7) is 1.76. The number of likely N-dealkylation sites (N-methyl/N-ethyl adjacent to an activating group) is 1. The van der Waals surface area contributed by atoms with Crippen molar-refractivity contribution in [1.82, 2.24) is 4.90 Å². The van der Waals surface area contributed by atoms with E-state index in [4.69, 9.17) is 10.8 Å². The minimum atomic E-state index is -0.569.